The molecule has 0 radical (unpaired) electrons. The summed E-state index contributed by atoms with van der Waals surface area (Å²) in [6, 6.07) is 3.82. The molecule has 0 N–H and O–H groups in total. The molecular weight excluding hydrogens is 241 g/mol. The molecular formula is C6H4IN3. The van der Waals surface area contributed by atoms with Gasteiger partial charge in [-0.25, -0.2) is 9.97 Å². The lowest BCUT2D eigenvalue weighted by molar-refractivity contribution is 1.27. The molecule has 0 atom stereocenters. The third-order valence-electron chi connectivity index (χ3n) is 1.27. The monoisotopic (exact) mass is 245 g/mol. The smallest absolute Gasteiger partial charge is 0.168 e. The number of fused-ring (bicyclic) bond motifs is 1. The lowest BCUT2D eigenvalue weighted by Gasteiger charge is -1.86. The van der Waals surface area contributed by atoms with Crippen molar-refractivity contribution in [3.63, 3.8) is 0 Å². The fraction of sp³-hybridized carbons (Fsp3) is 0. The summed E-state index contributed by atoms with van der Waals surface area (Å²) < 4.78 is 1.87. The predicted octanol–water partition coefficient (Wildman–Crippen LogP) is 1.63. The van der Waals surface area contributed by atoms with Crippen molar-refractivity contribution in [2.24, 2.45) is 0 Å². The minimum atomic E-state index is 0.920. The van der Waals surface area contributed by atoms with Gasteiger partial charge in [0.05, 0.1) is 22.9 Å². The Morgan fingerprint density at radius 3 is 3.10 bits per heavy atom. The van der Waals surface area contributed by atoms with Crippen LogP contribution in [0.2, 0.25) is 0 Å². The summed E-state index contributed by atoms with van der Waals surface area (Å²) >= 11 is 2.14. The van der Waals surface area contributed by atoms with Crippen molar-refractivity contribution in [1.29, 1.82) is 0 Å². The van der Waals surface area contributed by atoms with E-state index in [2.05, 4.69) is 32.8 Å². The third-order valence-corrected chi connectivity index (χ3v) is 1.97. The van der Waals surface area contributed by atoms with Crippen molar-refractivity contribution >= 4 is 34.0 Å². The highest BCUT2D eigenvalue weighted by Gasteiger charge is 1.97. The van der Waals surface area contributed by atoms with Crippen LogP contribution in [0.4, 0.5) is 0 Å². The molecule has 3 nitrogen and oxygen atoms in total. The van der Waals surface area contributed by atoms with E-state index in [0.717, 1.165) is 11.2 Å². The number of halogens is 1. The number of pyridine rings is 1. The number of hydrogen-bond donors (Lipinski definition) is 0. The Labute approximate surface area is 71.6 Å². The molecule has 0 amide bonds. The predicted molar refractivity (Wildman–Crippen MR) is 46.9 cm³/mol. The van der Waals surface area contributed by atoms with E-state index < -0.39 is 0 Å². The molecule has 0 fully saturated rings. The second kappa shape index (κ2) is 2.19. The Bertz CT molecular complexity index is 355. The molecule has 0 bridgehead atoms. The Morgan fingerprint density at radius 2 is 2.30 bits per heavy atom. The van der Waals surface area contributed by atoms with Gasteiger partial charge >= 0.3 is 0 Å². The van der Waals surface area contributed by atoms with Gasteiger partial charge in [0.15, 0.2) is 5.65 Å². The van der Waals surface area contributed by atoms with Crippen molar-refractivity contribution in [1.82, 2.24) is 12.7 Å². The van der Waals surface area contributed by atoms with Gasteiger partial charge in [-0.05, 0) is 12.1 Å². The molecule has 0 spiro atoms. The molecule has 0 aliphatic rings. The summed E-state index contributed by atoms with van der Waals surface area (Å²) in [5.74, 6) is 0. The van der Waals surface area contributed by atoms with Crippen molar-refractivity contribution < 1.29 is 0 Å². The minimum absolute atomic E-state index is 0.920. The fourth-order valence-electron chi connectivity index (χ4n) is 0.821. The van der Waals surface area contributed by atoms with E-state index in [-0.39, 0.29) is 0 Å². The zero-order chi connectivity index (χ0) is 6.97. The fourth-order valence-corrected chi connectivity index (χ4v) is 1.32. The molecule has 2 aromatic heterocycles. The molecule has 0 aliphatic carbocycles. The number of rotatable bonds is 0. The van der Waals surface area contributed by atoms with E-state index in [9.17, 15) is 0 Å². The van der Waals surface area contributed by atoms with Gasteiger partial charge in [-0.1, -0.05) is 0 Å². The highest BCUT2D eigenvalue weighted by Crippen LogP contribution is 2.10. The topological polar surface area (TPSA) is 30.7 Å². The van der Waals surface area contributed by atoms with Crippen LogP contribution in [0.3, 0.4) is 0 Å². The summed E-state index contributed by atoms with van der Waals surface area (Å²) in [6.07, 6.45) is 3.51. The molecule has 4 heteroatoms. The Balaban J connectivity index is 2.93. The molecule has 0 aromatic carbocycles. The standard InChI is InChI=1S/C6H4IN3/c7-10-4-9-5-2-1-3-8-6(5)10/h1-4H. The summed E-state index contributed by atoms with van der Waals surface area (Å²) in [7, 11) is 0. The third kappa shape index (κ3) is 0.792. The SMILES string of the molecule is In1cnc2cccnc21. The molecule has 0 aliphatic heterocycles. The van der Waals surface area contributed by atoms with E-state index in [1.807, 2.05) is 14.9 Å². The van der Waals surface area contributed by atoms with Crippen LogP contribution in [-0.4, -0.2) is 12.7 Å². The molecule has 10 heavy (non-hydrogen) atoms. The van der Waals surface area contributed by atoms with Crippen molar-refractivity contribution in [3.05, 3.63) is 24.7 Å². The van der Waals surface area contributed by atoms with Crippen LogP contribution in [-0.2, 0) is 0 Å². The largest absolute Gasteiger partial charge is 0.255 e. The van der Waals surface area contributed by atoms with Crippen molar-refractivity contribution in [2.75, 3.05) is 0 Å². The number of aromatic nitrogens is 3. The Hall–Kier alpha value is -0.650. The van der Waals surface area contributed by atoms with Gasteiger partial charge in [-0.15, -0.1) is 0 Å². The van der Waals surface area contributed by atoms with Crippen LogP contribution < -0.4 is 0 Å². The van der Waals surface area contributed by atoms with Crippen LogP contribution in [0.5, 0.6) is 0 Å². The van der Waals surface area contributed by atoms with Gasteiger partial charge in [0, 0.05) is 6.20 Å². The lowest BCUT2D eigenvalue weighted by Crippen LogP contribution is -1.77. The Morgan fingerprint density at radius 1 is 1.40 bits per heavy atom. The highest BCUT2D eigenvalue weighted by molar-refractivity contribution is 14.1. The van der Waals surface area contributed by atoms with Gasteiger partial charge in [-0.3, -0.25) is 2.78 Å². The van der Waals surface area contributed by atoms with Gasteiger partial charge in [0.2, 0.25) is 0 Å². The number of nitrogens with zero attached hydrogens (tertiary/aromatic N) is 3. The zero-order valence-corrected chi connectivity index (χ0v) is 7.19. The van der Waals surface area contributed by atoms with Crippen LogP contribution in [0.15, 0.2) is 24.7 Å². The first-order valence-corrected chi connectivity index (χ1v) is 3.78. The molecule has 2 heterocycles. The number of hydrogen-bond acceptors (Lipinski definition) is 2. The van der Waals surface area contributed by atoms with Crippen LogP contribution in [0.1, 0.15) is 0 Å². The maximum absolute atomic E-state index is 4.13. The van der Waals surface area contributed by atoms with E-state index in [1.165, 1.54) is 0 Å². The summed E-state index contributed by atoms with van der Waals surface area (Å²) in [5.41, 5.74) is 1.86. The maximum atomic E-state index is 4.13. The molecule has 0 saturated heterocycles. The van der Waals surface area contributed by atoms with Crippen LogP contribution in [0.25, 0.3) is 11.2 Å². The van der Waals surface area contributed by atoms with E-state index in [0.29, 0.717) is 0 Å². The second-order valence-corrected chi connectivity index (χ2v) is 2.94. The second-order valence-electron chi connectivity index (χ2n) is 1.90. The van der Waals surface area contributed by atoms with Gasteiger partial charge in [0.1, 0.15) is 11.8 Å². The van der Waals surface area contributed by atoms with Gasteiger partial charge in [0.25, 0.3) is 0 Å². The zero-order valence-electron chi connectivity index (χ0n) is 5.03. The van der Waals surface area contributed by atoms with Crippen molar-refractivity contribution in [2.45, 2.75) is 0 Å². The minimum Gasteiger partial charge on any atom is -0.255 e. The molecule has 0 saturated carbocycles. The first-order valence-electron chi connectivity index (χ1n) is 2.82. The Kier molecular flexibility index (Phi) is 1.33. The summed E-state index contributed by atoms with van der Waals surface area (Å²) in [5, 5.41) is 0. The first kappa shape index (κ1) is 6.09. The first-order chi connectivity index (χ1) is 4.88. The van der Waals surface area contributed by atoms with E-state index in [1.54, 1.807) is 12.5 Å². The maximum Gasteiger partial charge on any atom is 0.168 e. The molecule has 0 unspecified atom stereocenters. The van der Waals surface area contributed by atoms with Crippen molar-refractivity contribution in [3.8, 4) is 0 Å². The van der Waals surface area contributed by atoms with Gasteiger partial charge in [-0.2, -0.15) is 0 Å². The van der Waals surface area contributed by atoms with E-state index >= 15 is 0 Å². The van der Waals surface area contributed by atoms with Crippen LogP contribution in [0, 0.1) is 0 Å². The summed E-state index contributed by atoms with van der Waals surface area (Å²) in [6.45, 7) is 0. The molecule has 2 rings (SSSR count). The quantitative estimate of drug-likeness (QED) is 0.660. The highest BCUT2D eigenvalue weighted by atomic mass is 127. The summed E-state index contributed by atoms with van der Waals surface area (Å²) in [4.78, 5) is 8.24. The lowest BCUT2D eigenvalue weighted by atomic mass is 10.4. The molecule has 50 valence electrons. The van der Waals surface area contributed by atoms with Gasteiger partial charge < -0.3 is 0 Å². The normalized spacial score (nSPS) is 10.5. The molecule has 2 aromatic rings. The average Bonchev–Trinajstić information content (AvgIpc) is 2.34. The average molecular weight is 245 g/mol. The number of imidazole rings is 1. The van der Waals surface area contributed by atoms with E-state index in [4.69, 9.17) is 0 Å². The van der Waals surface area contributed by atoms with Crippen LogP contribution >= 0.6 is 22.9 Å².